The molecule has 0 amide bonds. The largest absolute Gasteiger partial charge is 0.508 e. The number of phenols is 2. The Hall–Kier alpha value is -2.36. The minimum absolute atomic E-state index is 0.158. The van der Waals surface area contributed by atoms with E-state index < -0.39 is 0 Å². The smallest absolute Gasteiger partial charge is 0.123 e. The first-order chi connectivity index (χ1) is 10.7. The van der Waals surface area contributed by atoms with Crippen molar-refractivity contribution in [2.24, 2.45) is 0 Å². The molecule has 0 atom stereocenters. The highest BCUT2D eigenvalue weighted by Gasteiger charge is 2.23. The number of rotatable bonds is 4. The minimum Gasteiger partial charge on any atom is -0.508 e. The lowest BCUT2D eigenvalue weighted by Crippen LogP contribution is -2.30. The molecule has 0 unspecified atom stereocenters. The first-order valence-corrected chi connectivity index (χ1v) is 7.60. The lowest BCUT2D eigenvalue weighted by molar-refractivity contribution is 0.0804. The summed E-state index contributed by atoms with van der Waals surface area (Å²) in [6, 6.07) is 13.8. The third-order valence-electron chi connectivity index (χ3n) is 3.86. The Labute approximate surface area is 129 Å². The number of aromatic hydroxyl groups is 2. The van der Waals surface area contributed by atoms with Gasteiger partial charge in [-0.25, -0.2) is 0 Å². The van der Waals surface area contributed by atoms with Crippen molar-refractivity contribution in [1.29, 1.82) is 0 Å². The molecule has 0 bridgehead atoms. The maximum absolute atomic E-state index is 9.45. The third-order valence-corrected chi connectivity index (χ3v) is 3.86. The molecule has 1 saturated carbocycles. The molecule has 22 heavy (non-hydrogen) atoms. The molecule has 2 aromatic rings. The van der Waals surface area contributed by atoms with E-state index in [1.54, 1.807) is 36.4 Å². The van der Waals surface area contributed by atoms with Crippen LogP contribution in [0.2, 0.25) is 0 Å². The maximum atomic E-state index is 9.45. The second-order valence-corrected chi connectivity index (χ2v) is 5.63. The van der Waals surface area contributed by atoms with E-state index in [9.17, 15) is 10.2 Å². The Morgan fingerprint density at radius 2 is 1.09 bits per heavy atom. The van der Waals surface area contributed by atoms with E-state index in [1.165, 1.54) is 0 Å². The fraction of sp³-hybridized carbons (Fsp3) is 0.333. The molecule has 0 radical (unpaired) electrons. The van der Waals surface area contributed by atoms with E-state index in [4.69, 9.17) is 9.47 Å². The van der Waals surface area contributed by atoms with Gasteiger partial charge in [0.1, 0.15) is 23.0 Å². The normalized spacial score (nSPS) is 21.3. The Bertz CT molecular complexity index is 562. The van der Waals surface area contributed by atoms with Crippen LogP contribution in [-0.4, -0.2) is 22.4 Å². The molecular weight excluding hydrogens is 280 g/mol. The molecule has 0 spiro atoms. The summed E-state index contributed by atoms with van der Waals surface area (Å²) in [7, 11) is 0. The van der Waals surface area contributed by atoms with Gasteiger partial charge in [0.2, 0.25) is 0 Å². The molecule has 1 aliphatic rings. The minimum atomic E-state index is 0.158. The van der Waals surface area contributed by atoms with Crippen LogP contribution in [0.3, 0.4) is 0 Å². The maximum Gasteiger partial charge on any atom is 0.123 e. The number of phenolic OH excluding ortho intramolecular Hbond substituents is 2. The molecule has 0 heterocycles. The average molecular weight is 300 g/mol. The van der Waals surface area contributed by atoms with Gasteiger partial charge in [0.15, 0.2) is 0 Å². The Kier molecular flexibility index (Phi) is 4.37. The summed E-state index contributed by atoms with van der Waals surface area (Å²) in [6.07, 6.45) is 3.98. The summed E-state index contributed by atoms with van der Waals surface area (Å²) >= 11 is 0. The van der Waals surface area contributed by atoms with Crippen molar-refractivity contribution < 1.29 is 19.7 Å². The monoisotopic (exact) mass is 300 g/mol. The summed E-state index contributed by atoms with van der Waals surface area (Å²) in [6.45, 7) is 0. The van der Waals surface area contributed by atoms with Crippen molar-refractivity contribution >= 4 is 0 Å². The van der Waals surface area contributed by atoms with Crippen LogP contribution < -0.4 is 9.47 Å². The van der Waals surface area contributed by atoms with E-state index in [1.807, 2.05) is 12.1 Å². The Balaban J connectivity index is 1.50. The van der Waals surface area contributed by atoms with Crippen LogP contribution in [0.15, 0.2) is 48.5 Å². The molecule has 1 fully saturated rings. The zero-order chi connectivity index (χ0) is 15.4. The molecule has 1 aliphatic carbocycles. The van der Waals surface area contributed by atoms with E-state index in [0.717, 1.165) is 25.7 Å². The standard InChI is InChI=1S/C18H20O4/c19-13-3-1-5-17(11-13)21-15-7-9-16(10-8-15)22-18-6-2-4-14(20)12-18/h1-6,11-12,15-16,19-20H,7-10H2. The van der Waals surface area contributed by atoms with Gasteiger partial charge in [-0.05, 0) is 49.9 Å². The van der Waals surface area contributed by atoms with E-state index in [0.29, 0.717) is 11.5 Å². The number of ether oxygens (including phenoxy) is 2. The first-order valence-electron chi connectivity index (χ1n) is 7.60. The fourth-order valence-corrected chi connectivity index (χ4v) is 2.77. The molecular formula is C18H20O4. The summed E-state index contributed by atoms with van der Waals surface area (Å²) < 4.78 is 11.8. The number of benzene rings is 2. The molecule has 3 rings (SSSR count). The van der Waals surface area contributed by atoms with Crippen LogP contribution in [0.4, 0.5) is 0 Å². The van der Waals surface area contributed by atoms with Crippen molar-refractivity contribution in [3.05, 3.63) is 48.5 Å². The van der Waals surface area contributed by atoms with E-state index in [2.05, 4.69) is 0 Å². The van der Waals surface area contributed by atoms with Crippen LogP contribution in [0, 0.1) is 0 Å². The van der Waals surface area contributed by atoms with Crippen molar-refractivity contribution in [2.45, 2.75) is 37.9 Å². The highest BCUT2D eigenvalue weighted by Crippen LogP contribution is 2.28. The van der Waals surface area contributed by atoms with Gasteiger partial charge in [-0.3, -0.25) is 0 Å². The predicted octanol–water partition coefficient (Wildman–Crippen LogP) is 3.87. The zero-order valence-electron chi connectivity index (χ0n) is 12.3. The topological polar surface area (TPSA) is 58.9 Å². The molecule has 4 nitrogen and oxygen atoms in total. The van der Waals surface area contributed by atoms with Crippen LogP contribution in [0.25, 0.3) is 0 Å². The SMILES string of the molecule is Oc1cccc(OC2CCC(Oc3cccc(O)c3)CC2)c1. The molecule has 2 aromatic carbocycles. The lowest BCUT2D eigenvalue weighted by Gasteiger charge is -2.29. The summed E-state index contributed by atoms with van der Waals surface area (Å²) in [5.41, 5.74) is 0. The van der Waals surface area contributed by atoms with Crippen molar-refractivity contribution in [1.82, 2.24) is 0 Å². The molecule has 2 N–H and O–H groups in total. The Morgan fingerprint density at radius 1 is 0.682 bits per heavy atom. The third kappa shape index (κ3) is 3.85. The van der Waals surface area contributed by atoms with Crippen LogP contribution in [0.1, 0.15) is 25.7 Å². The van der Waals surface area contributed by atoms with Gasteiger partial charge in [0.05, 0.1) is 12.2 Å². The predicted molar refractivity (Wildman–Crippen MR) is 83.5 cm³/mol. The number of hydrogen-bond donors (Lipinski definition) is 2. The highest BCUT2D eigenvalue weighted by molar-refractivity contribution is 5.32. The van der Waals surface area contributed by atoms with Gasteiger partial charge in [0.25, 0.3) is 0 Å². The molecule has 116 valence electrons. The van der Waals surface area contributed by atoms with Gasteiger partial charge >= 0.3 is 0 Å². The van der Waals surface area contributed by atoms with Crippen LogP contribution in [-0.2, 0) is 0 Å². The fourth-order valence-electron chi connectivity index (χ4n) is 2.77. The number of hydrogen-bond acceptors (Lipinski definition) is 4. The lowest BCUT2D eigenvalue weighted by atomic mass is 9.95. The van der Waals surface area contributed by atoms with E-state index in [-0.39, 0.29) is 23.7 Å². The summed E-state index contributed by atoms with van der Waals surface area (Å²) in [5.74, 6) is 1.85. The molecule has 0 aromatic heterocycles. The molecule has 4 heteroatoms. The molecule has 0 aliphatic heterocycles. The van der Waals surface area contributed by atoms with Gasteiger partial charge in [0, 0.05) is 12.1 Å². The van der Waals surface area contributed by atoms with Gasteiger partial charge in [-0.2, -0.15) is 0 Å². The first kappa shape index (κ1) is 14.6. The van der Waals surface area contributed by atoms with Crippen LogP contribution >= 0.6 is 0 Å². The van der Waals surface area contributed by atoms with Crippen LogP contribution in [0.5, 0.6) is 23.0 Å². The quantitative estimate of drug-likeness (QED) is 0.900. The zero-order valence-corrected chi connectivity index (χ0v) is 12.3. The van der Waals surface area contributed by atoms with Gasteiger partial charge in [-0.15, -0.1) is 0 Å². The van der Waals surface area contributed by atoms with Gasteiger partial charge in [-0.1, -0.05) is 12.1 Å². The molecule has 0 saturated heterocycles. The van der Waals surface area contributed by atoms with Crippen molar-refractivity contribution in [3.8, 4) is 23.0 Å². The Morgan fingerprint density at radius 3 is 1.45 bits per heavy atom. The van der Waals surface area contributed by atoms with Crippen molar-refractivity contribution in [2.75, 3.05) is 0 Å². The summed E-state index contributed by atoms with van der Waals surface area (Å²) in [4.78, 5) is 0. The van der Waals surface area contributed by atoms with E-state index >= 15 is 0 Å². The highest BCUT2D eigenvalue weighted by atomic mass is 16.5. The summed E-state index contributed by atoms with van der Waals surface area (Å²) in [5, 5.41) is 18.9. The average Bonchev–Trinajstić information content (AvgIpc) is 2.49. The second kappa shape index (κ2) is 6.60. The van der Waals surface area contributed by atoms with Crippen molar-refractivity contribution in [3.63, 3.8) is 0 Å². The second-order valence-electron chi connectivity index (χ2n) is 5.63. The van der Waals surface area contributed by atoms with Gasteiger partial charge < -0.3 is 19.7 Å².